The molecule has 86 valence electrons. The number of hydrogen-bond acceptors (Lipinski definition) is 3. The van der Waals surface area contributed by atoms with Crippen LogP contribution in [0.5, 0.6) is 0 Å². The number of carbonyl (C=O) groups excluding carboxylic acids is 1. The third-order valence-electron chi connectivity index (χ3n) is 1.89. The Morgan fingerprint density at radius 3 is 2.87 bits per heavy atom. The Hall–Kier alpha value is -0.100. The fourth-order valence-corrected chi connectivity index (χ4v) is 2.37. The lowest BCUT2D eigenvalue weighted by Gasteiger charge is -2.09. The van der Waals surface area contributed by atoms with Crippen LogP contribution in [-0.4, -0.2) is 11.9 Å². The van der Waals surface area contributed by atoms with E-state index in [4.69, 9.17) is 5.73 Å². The van der Waals surface area contributed by atoms with Crippen LogP contribution in [-0.2, 0) is 11.3 Å². The molecule has 1 aromatic heterocycles. The van der Waals surface area contributed by atoms with E-state index < -0.39 is 6.04 Å². The molecule has 1 aromatic rings. The average Bonchev–Trinajstić information content (AvgIpc) is 2.59. The second-order valence-corrected chi connectivity index (χ2v) is 4.78. The van der Waals surface area contributed by atoms with Crippen LogP contribution in [0, 0.1) is 0 Å². The highest BCUT2D eigenvalue weighted by atomic mass is 79.9. The normalized spacial score (nSPS) is 11.7. The standard InChI is InChI=1S/C9H13BrN2OS.ClH/c1-2-7(11)9(13)12-5-8-6(10)3-4-14-8;/h3-4,7H,2,5,11H2,1H3,(H,12,13);1H/t7-;/m0./s1. The summed E-state index contributed by atoms with van der Waals surface area (Å²) in [6, 6.07) is 1.57. The van der Waals surface area contributed by atoms with Crippen LogP contribution in [0.3, 0.4) is 0 Å². The molecule has 1 amide bonds. The predicted octanol–water partition coefficient (Wildman–Crippen LogP) is 2.29. The Morgan fingerprint density at radius 1 is 1.73 bits per heavy atom. The largest absolute Gasteiger partial charge is 0.350 e. The minimum Gasteiger partial charge on any atom is -0.350 e. The Balaban J connectivity index is 0.00000196. The van der Waals surface area contributed by atoms with Crippen molar-refractivity contribution in [3.05, 3.63) is 20.8 Å². The Morgan fingerprint density at radius 2 is 2.40 bits per heavy atom. The number of halogens is 2. The van der Waals surface area contributed by atoms with Crippen molar-refractivity contribution in [3.63, 3.8) is 0 Å². The number of carbonyl (C=O) groups is 1. The molecule has 0 aliphatic heterocycles. The van der Waals surface area contributed by atoms with Crippen molar-refractivity contribution < 1.29 is 4.79 Å². The van der Waals surface area contributed by atoms with Crippen molar-refractivity contribution in [3.8, 4) is 0 Å². The van der Waals surface area contributed by atoms with Gasteiger partial charge >= 0.3 is 0 Å². The van der Waals surface area contributed by atoms with Gasteiger partial charge in [-0.3, -0.25) is 4.79 Å². The summed E-state index contributed by atoms with van der Waals surface area (Å²) in [6.07, 6.45) is 0.664. The molecule has 0 aliphatic carbocycles. The van der Waals surface area contributed by atoms with Gasteiger partial charge in [-0.1, -0.05) is 6.92 Å². The summed E-state index contributed by atoms with van der Waals surface area (Å²) in [7, 11) is 0. The van der Waals surface area contributed by atoms with Gasteiger partial charge in [-0.05, 0) is 33.8 Å². The molecule has 0 radical (unpaired) electrons. The molecule has 1 heterocycles. The van der Waals surface area contributed by atoms with E-state index in [1.807, 2.05) is 18.4 Å². The molecular weight excluding hydrogens is 300 g/mol. The van der Waals surface area contributed by atoms with Gasteiger partial charge in [0.15, 0.2) is 0 Å². The van der Waals surface area contributed by atoms with E-state index in [-0.39, 0.29) is 18.3 Å². The van der Waals surface area contributed by atoms with E-state index in [1.54, 1.807) is 11.3 Å². The second-order valence-electron chi connectivity index (χ2n) is 2.92. The zero-order valence-corrected chi connectivity index (χ0v) is 11.5. The summed E-state index contributed by atoms with van der Waals surface area (Å²) < 4.78 is 1.04. The molecule has 1 rings (SSSR count). The molecule has 3 nitrogen and oxygen atoms in total. The maximum atomic E-state index is 11.3. The van der Waals surface area contributed by atoms with Gasteiger partial charge in [0.2, 0.25) is 5.91 Å². The smallest absolute Gasteiger partial charge is 0.237 e. The van der Waals surface area contributed by atoms with Crippen molar-refractivity contribution in [2.24, 2.45) is 5.73 Å². The van der Waals surface area contributed by atoms with E-state index >= 15 is 0 Å². The number of hydrogen-bond donors (Lipinski definition) is 2. The van der Waals surface area contributed by atoms with Crippen LogP contribution < -0.4 is 11.1 Å². The molecule has 15 heavy (non-hydrogen) atoms. The van der Waals surface area contributed by atoms with Gasteiger partial charge in [-0.25, -0.2) is 0 Å². The molecule has 6 heteroatoms. The number of nitrogens with two attached hydrogens (primary N) is 1. The summed E-state index contributed by atoms with van der Waals surface area (Å²) in [5, 5.41) is 4.77. The van der Waals surface area contributed by atoms with E-state index in [9.17, 15) is 4.79 Å². The average molecular weight is 314 g/mol. The number of amides is 1. The molecule has 0 fully saturated rings. The minimum absolute atomic E-state index is 0. The molecule has 0 unspecified atom stereocenters. The van der Waals surface area contributed by atoms with Crippen LogP contribution in [0.15, 0.2) is 15.9 Å². The zero-order valence-electron chi connectivity index (χ0n) is 8.33. The third kappa shape index (κ3) is 4.51. The van der Waals surface area contributed by atoms with Crippen molar-refractivity contribution in [1.29, 1.82) is 0 Å². The van der Waals surface area contributed by atoms with Gasteiger partial charge in [0.05, 0.1) is 12.6 Å². The first-order chi connectivity index (χ1) is 6.65. The SMILES string of the molecule is CC[C@H](N)C(=O)NCc1sccc1Br.Cl. The lowest BCUT2D eigenvalue weighted by Crippen LogP contribution is -2.39. The summed E-state index contributed by atoms with van der Waals surface area (Å²) in [5.41, 5.74) is 5.57. The van der Waals surface area contributed by atoms with Crippen LogP contribution in [0.25, 0.3) is 0 Å². The Kier molecular flexibility index (Phi) is 7.17. The van der Waals surface area contributed by atoms with Crippen molar-refractivity contribution in [2.45, 2.75) is 25.9 Å². The Bertz CT molecular complexity index is 319. The topological polar surface area (TPSA) is 55.1 Å². The molecule has 0 saturated carbocycles. The van der Waals surface area contributed by atoms with Gasteiger partial charge in [-0.2, -0.15) is 0 Å². The minimum atomic E-state index is -0.395. The molecule has 0 saturated heterocycles. The molecule has 0 aliphatic rings. The van der Waals surface area contributed by atoms with Gasteiger partial charge in [-0.15, -0.1) is 23.7 Å². The quantitative estimate of drug-likeness (QED) is 0.896. The van der Waals surface area contributed by atoms with Gasteiger partial charge in [0.1, 0.15) is 0 Å². The summed E-state index contributed by atoms with van der Waals surface area (Å²) in [5.74, 6) is -0.0900. The molecular formula is C9H14BrClN2OS. The lowest BCUT2D eigenvalue weighted by molar-refractivity contribution is -0.122. The lowest BCUT2D eigenvalue weighted by atomic mass is 10.2. The van der Waals surface area contributed by atoms with E-state index in [0.717, 1.165) is 9.35 Å². The number of nitrogens with one attached hydrogen (secondary N) is 1. The third-order valence-corrected chi connectivity index (χ3v) is 3.82. The first-order valence-corrected chi connectivity index (χ1v) is 6.07. The van der Waals surface area contributed by atoms with Crippen molar-refractivity contribution in [2.75, 3.05) is 0 Å². The first-order valence-electron chi connectivity index (χ1n) is 4.40. The van der Waals surface area contributed by atoms with Crippen LogP contribution in [0.4, 0.5) is 0 Å². The van der Waals surface area contributed by atoms with Crippen molar-refractivity contribution >= 4 is 45.6 Å². The molecule has 3 N–H and O–H groups in total. The van der Waals surface area contributed by atoms with Gasteiger partial charge in [0, 0.05) is 9.35 Å². The van der Waals surface area contributed by atoms with E-state index in [0.29, 0.717) is 13.0 Å². The van der Waals surface area contributed by atoms with Crippen molar-refractivity contribution in [1.82, 2.24) is 5.32 Å². The van der Waals surface area contributed by atoms with Gasteiger partial charge in [0.25, 0.3) is 0 Å². The maximum Gasteiger partial charge on any atom is 0.237 e. The molecule has 0 spiro atoms. The number of thiophene rings is 1. The zero-order chi connectivity index (χ0) is 10.6. The maximum absolute atomic E-state index is 11.3. The van der Waals surface area contributed by atoms with E-state index in [2.05, 4.69) is 21.2 Å². The summed E-state index contributed by atoms with van der Waals surface area (Å²) >= 11 is 5.01. The molecule has 0 aromatic carbocycles. The van der Waals surface area contributed by atoms with Crippen LogP contribution in [0.2, 0.25) is 0 Å². The fourth-order valence-electron chi connectivity index (χ4n) is 0.935. The fraction of sp³-hybridized carbons (Fsp3) is 0.444. The van der Waals surface area contributed by atoms with Gasteiger partial charge < -0.3 is 11.1 Å². The van der Waals surface area contributed by atoms with Crippen LogP contribution in [0.1, 0.15) is 18.2 Å². The summed E-state index contributed by atoms with van der Waals surface area (Å²) in [6.45, 7) is 2.44. The second kappa shape index (κ2) is 7.22. The monoisotopic (exact) mass is 312 g/mol. The first kappa shape index (κ1) is 14.9. The van der Waals surface area contributed by atoms with Crippen LogP contribution >= 0.6 is 39.7 Å². The predicted molar refractivity (Wildman–Crippen MR) is 69.4 cm³/mol. The molecule has 1 atom stereocenters. The molecule has 0 bridgehead atoms. The highest BCUT2D eigenvalue weighted by molar-refractivity contribution is 9.10. The highest BCUT2D eigenvalue weighted by Crippen LogP contribution is 2.22. The highest BCUT2D eigenvalue weighted by Gasteiger charge is 2.10. The Labute approximate surface area is 108 Å². The summed E-state index contributed by atoms with van der Waals surface area (Å²) in [4.78, 5) is 12.4. The number of rotatable bonds is 4. The van der Waals surface area contributed by atoms with E-state index in [1.165, 1.54) is 0 Å².